The Morgan fingerprint density at radius 1 is 1.05 bits per heavy atom. The Morgan fingerprint density at radius 3 is 2.32 bits per heavy atom. The van der Waals surface area contributed by atoms with Gasteiger partial charge in [0.05, 0.1) is 5.02 Å². The molecule has 0 radical (unpaired) electrons. The molecule has 3 rings (SSSR count). The smallest absolute Gasteiger partial charge is 0.205 e. The molecule has 1 saturated carbocycles. The quantitative estimate of drug-likeness (QED) is 0.695. The van der Waals surface area contributed by atoms with Crippen molar-refractivity contribution >= 4 is 11.6 Å². The van der Waals surface area contributed by atoms with Gasteiger partial charge >= 0.3 is 58.2 Å². The van der Waals surface area contributed by atoms with Crippen molar-refractivity contribution in [3.05, 3.63) is 58.9 Å². The van der Waals surface area contributed by atoms with Crippen LogP contribution in [0.3, 0.4) is 0 Å². The number of rotatable bonds is 2. The summed E-state index contributed by atoms with van der Waals surface area (Å²) >= 11 is 6.34. The standard InChI is InChI=1S/C19H19ClF.Rb/c1-13-7-9-15(10-8-13)16-11-12-17(19(21)18(16)20)14-5-3-2-4-6-14;/h3-6,11-13,15H,7-10H2,1H3;/q-1;+1. The van der Waals surface area contributed by atoms with Crippen molar-refractivity contribution in [3.63, 3.8) is 0 Å². The second kappa shape index (κ2) is 8.53. The van der Waals surface area contributed by atoms with E-state index in [9.17, 15) is 4.39 Å². The number of hydrogen-bond donors (Lipinski definition) is 0. The summed E-state index contributed by atoms with van der Waals surface area (Å²) in [6.07, 6.45) is 4.64. The van der Waals surface area contributed by atoms with E-state index in [1.165, 1.54) is 12.8 Å². The maximum Gasteiger partial charge on any atom is 1.00 e. The average molecular weight is 387 g/mol. The molecule has 0 nitrogen and oxygen atoms in total. The predicted octanol–water partition coefficient (Wildman–Crippen LogP) is 3.24. The molecule has 0 N–H and O–H groups in total. The van der Waals surface area contributed by atoms with E-state index >= 15 is 0 Å². The first kappa shape index (κ1) is 18.8. The van der Waals surface area contributed by atoms with Gasteiger partial charge in [-0.1, -0.05) is 43.5 Å². The van der Waals surface area contributed by atoms with Gasteiger partial charge in [0.1, 0.15) is 5.82 Å². The van der Waals surface area contributed by atoms with Gasteiger partial charge in [-0.15, -0.1) is 5.56 Å². The van der Waals surface area contributed by atoms with Gasteiger partial charge in [0.15, 0.2) is 0 Å². The van der Waals surface area contributed by atoms with Crippen LogP contribution >= 0.6 is 11.6 Å². The Labute approximate surface area is 186 Å². The van der Waals surface area contributed by atoms with E-state index in [2.05, 4.69) is 13.0 Å². The third kappa shape index (κ3) is 4.10. The SMILES string of the molecule is CC1CCC(c2ccc(-c3cc[c-]cc3)c(F)c2Cl)CC1.[Rb+]. The number of hydrogen-bond acceptors (Lipinski definition) is 0. The van der Waals surface area contributed by atoms with Gasteiger partial charge in [0, 0.05) is 0 Å². The molecule has 22 heavy (non-hydrogen) atoms. The van der Waals surface area contributed by atoms with Gasteiger partial charge in [0.25, 0.3) is 0 Å². The van der Waals surface area contributed by atoms with Crippen LogP contribution in [0.2, 0.25) is 5.02 Å². The topological polar surface area (TPSA) is 0 Å². The Morgan fingerprint density at radius 2 is 1.68 bits per heavy atom. The van der Waals surface area contributed by atoms with Gasteiger partial charge in [-0.25, -0.2) is 4.39 Å². The molecule has 0 amide bonds. The monoisotopic (exact) mass is 386 g/mol. The van der Waals surface area contributed by atoms with E-state index in [-0.39, 0.29) is 64.0 Å². The van der Waals surface area contributed by atoms with Crippen LogP contribution in [0.25, 0.3) is 11.1 Å². The van der Waals surface area contributed by atoms with Crippen molar-refractivity contribution in [3.8, 4) is 11.1 Å². The molecule has 0 aromatic heterocycles. The molecule has 110 valence electrons. The van der Waals surface area contributed by atoms with E-state index in [1.54, 1.807) is 12.1 Å². The minimum atomic E-state index is -0.293. The average Bonchev–Trinajstić information content (AvgIpc) is 2.52. The molecule has 0 unspecified atom stereocenters. The first-order chi connectivity index (χ1) is 10.2. The maximum absolute atomic E-state index is 14.6. The fourth-order valence-electron chi connectivity index (χ4n) is 3.24. The summed E-state index contributed by atoms with van der Waals surface area (Å²) in [4.78, 5) is 0. The summed E-state index contributed by atoms with van der Waals surface area (Å²) in [6.45, 7) is 2.29. The normalized spacial score (nSPS) is 21.2. The molecular formula is C19H19ClFRb. The molecule has 3 heteroatoms. The minimum absolute atomic E-state index is 0. The van der Waals surface area contributed by atoms with Gasteiger partial charge < -0.3 is 0 Å². The molecule has 2 aromatic carbocycles. The van der Waals surface area contributed by atoms with E-state index in [0.29, 0.717) is 16.5 Å². The Balaban J connectivity index is 0.00000176. The van der Waals surface area contributed by atoms with Crippen LogP contribution in [-0.2, 0) is 0 Å². The summed E-state index contributed by atoms with van der Waals surface area (Å²) in [5.74, 6) is 0.894. The van der Waals surface area contributed by atoms with Crippen molar-refractivity contribution in [2.45, 2.75) is 38.5 Å². The van der Waals surface area contributed by atoms with Crippen molar-refractivity contribution in [1.29, 1.82) is 0 Å². The molecule has 0 heterocycles. The van der Waals surface area contributed by atoms with Crippen LogP contribution in [-0.4, -0.2) is 0 Å². The molecule has 1 aliphatic rings. The molecule has 0 atom stereocenters. The molecule has 1 aliphatic carbocycles. The molecule has 0 aliphatic heterocycles. The zero-order chi connectivity index (χ0) is 14.8. The Kier molecular flexibility index (Phi) is 7.29. The summed E-state index contributed by atoms with van der Waals surface area (Å²) < 4.78 is 14.6. The molecule has 0 spiro atoms. The minimum Gasteiger partial charge on any atom is -0.205 e. The van der Waals surface area contributed by atoms with Crippen LogP contribution in [0, 0.1) is 17.8 Å². The van der Waals surface area contributed by atoms with Gasteiger partial charge in [0.2, 0.25) is 0 Å². The largest absolute Gasteiger partial charge is 1.00 e. The predicted molar refractivity (Wildman–Crippen MR) is 86.1 cm³/mol. The van der Waals surface area contributed by atoms with Crippen molar-refractivity contribution in [2.75, 3.05) is 0 Å². The van der Waals surface area contributed by atoms with Crippen molar-refractivity contribution in [2.24, 2.45) is 5.92 Å². The Bertz CT molecular complexity index is 619. The fourth-order valence-corrected chi connectivity index (χ4v) is 3.56. The van der Waals surface area contributed by atoms with Crippen LogP contribution < -0.4 is 58.2 Å². The van der Waals surface area contributed by atoms with E-state index in [4.69, 9.17) is 11.6 Å². The summed E-state index contributed by atoms with van der Waals surface area (Å²) in [5, 5.41) is 0.305. The van der Waals surface area contributed by atoms with Gasteiger partial charge in [-0.3, -0.25) is 0 Å². The first-order valence-corrected chi connectivity index (χ1v) is 7.99. The molecular weight excluding hydrogens is 368 g/mol. The van der Waals surface area contributed by atoms with E-state index in [1.807, 2.05) is 24.3 Å². The molecule has 1 fully saturated rings. The molecule has 0 bridgehead atoms. The summed E-state index contributed by atoms with van der Waals surface area (Å²) in [7, 11) is 0. The molecule has 2 aromatic rings. The molecule has 0 saturated heterocycles. The summed E-state index contributed by atoms with van der Waals surface area (Å²) in [6, 6.07) is 14.1. The zero-order valence-electron chi connectivity index (χ0n) is 13.2. The van der Waals surface area contributed by atoms with Crippen LogP contribution in [0.1, 0.15) is 44.1 Å². The Hall–Kier alpha value is 0.465. The first-order valence-electron chi connectivity index (χ1n) is 7.61. The van der Waals surface area contributed by atoms with Gasteiger partial charge in [-0.05, 0) is 35.8 Å². The maximum atomic E-state index is 14.6. The fraction of sp³-hybridized carbons (Fsp3) is 0.368. The second-order valence-corrected chi connectivity index (χ2v) is 6.45. The van der Waals surface area contributed by atoms with Gasteiger partial charge in [-0.2, -0.15) is 30.3 Å². The van der Waals surface area contributed by atoms with Crippen LogP contribution in [0.4, 0.5) is 4.39 Å². The van der Waals surface area contributed by atoms with E-state index in [0.717, 1.165) is 29.9 Å². The third-order valence-electron chi connectivity index (χ3n) is 4.60. The van der Waals surface area contributed by atoms with E-state index < -0.39 is 0 Å². The van der Waals surface area contributed by atoms with Crippen LogP contribution in [0.5, 0.6) is 0 Å². The second-order valence-electron chi connectivity index (χ2n) is 6.08. The van der Waals surface area contributed by atoms with Crippen molar-refractivity contribution in [1.82, 2.24) is 0 Å². The third-order valence-corrected chi connectivity index (χ3v) is 4.98. The number of benzene rings is 2. The number of halogens is 2. The summed E-state index contributed by atoms with van der Waals surface area (Å²) in [5.41, 5.74) is 2.39. The zero-order valence-corrected chi connectivity index (χ0v) is 18.9. The van der Waals surface area contributed by atoms with Crippen molar-refractivity contribution < 1.29 is 62.6 Å². The van der Waals surface area contributed by atoms with Crippen LogP contribution in [0.15, 0.2) is 36.4 Å².